The first-order chi connectivity index (χ1) is 9.22. The van der Waals surface area contributed by atoms with Crippen molar-refractivity contribution in [1.29, 1.82) is 0 Å². The highest BCUT2D eigenvalue weighted by Crippen LogP contribution is 2.25. The molecule has 5 heteroatoms. The summed E-state index contributed by atoms with van der Waals surface area (Å²) in [5.41, 5.74) is 1.06. The Balaban J connectivity index is 2.87. The fourth-order valence-corrected chi connectivity index (χ4v) is 2.20. The first kappa shape index (κ1) is 16.4. The van der Waals surface area contributed by atoms with E-state index < -0.39 is 0 Å². The number of ether oxygens (including phenoxy) is 1. The number of hydrogen-bond acceptors (Lipinski definition) is 4. The van der Waals surface area contributed by atoms with Crippen molar-refractivity contribution in [3.8, 4) is 0 Å². The molecule has 0 aromatic carbocycles. The van der Waals surface area contributed by atoms with Crippen molar-refractivity contribution in [2.45, 2.75) is 53.1 Å². The molecule has 0 aliphatic heterocycles. The fourth-order valence-electron chi connectivity index (χ4n) is 1.68. The van der Waals surface area contributed by atoms with Crippen LogP contribution in [-0.4, -0.2) is 23.1 Å². The molecule has 19 heavy (non-hydrogen) atoms. The molecule has 1 heterocycles. The van der Waals surface area contributed by atoms with Gasteiger partial charge in [-0.2, -0.15) is 0 Å². The van der Waals surface area contributed by atoms with Crippen LogP contribution in [0.5, 0.6) is 0 Å². The SMILES string of the molecule is CCCNc1nc(COCCC)nc(CCC)c1Br. The summed E-state index contributed by atoms with van der Waals surface area (Å²) in [6.07, 6.45) is 4.10. The van der Waals surface area contributed by atoms with Gasteiger partial charge in [-0.05, 0) is 35.2 Å². The predicted molar refractivity (Wildman–Crippen MR) is 82.5 cm³/mol. The van der Waals surface area contributed by atoms with E-state index in [0.717, 1.165) is 60.6 Å². The first-order valence-corrected chi connectivity index (χ1v) is 7.89. The summed E-state index contributed by atoms with van der Waals surface area (Å²) in [6, 6.07) is 0. The third kappa shape index (κ3) is 5.45. The minimum absolute atomic E-state index is 0.485. The van der Waals surface area contributed by atoms with Crippen LogP contribution in [0.25, 0.3) is 0 Å². The number of nitrogens with zero attached hydrogens (tertiary/aromatic N) is 2. The third-order valence-corrected chi connectivity index (χ3v) is 3.41. The smallest absolute Gasteiger partial charge is 0.156 e. The molecule has 0 aliphatic carbocycles. The molecular formula is C14H24BrN3O. The molecule has 0 atom stereocenters. The molecule has 0 amide bonds. The van der Waals surface area contributed by atoms with Gasteiger partial charge in [0.25, 0.3) is 0 Å². The highest BCUT2D eigenvalue weighted by atomic mass is 79.9. The van der Waals surface area contributed by atoms with Crippen LogP contribution in [0.4, 0.5) is 5.82 Å². The summed E-state index contributed by atoms with van der Waals surface area (Å²) in [7, 11) is 0. The van der Waals surface area contributed by atoms with Crippen LogP contribution in [0, 0.1) is 0 Å². The molecule has 0 unspecified atom stereocenters. The highest BCUT2D eigenvalue weighted by molar-refractivity contribution is 9.10. The molecule has 4 nitrogen and oxygen atoms in total. The second-order valence-electron chi connectivity index (χ2n) is 4.48. The largest absolute Gasteiger partial charge is 0.373 e. The normalized spacial score (nSPS) is 10.7. The molecule has 0 bridgehead atoms. The van der Waals surface area contributed by atoms with E-state index in [0.29, 0.717) is 6.61 Å². The van der Waals surface area contributed by atoms with E-state index in [2.05, 4.69) is 52.0 Å². The van der Waals surface area contributed by atoms with Crippen molar-refractivity contribution in [3.05, 3.63) is 16.0 Å². The minimum atomic E-state index is 0.485. The molecule has 1 aromatic rings. The number of nitrogens with one attached hydrogen (secondary N) is 1. The Kier molecular flexibility index (Phi) is 7.98. The maximum atomic E-state index is 5.53. The summed E-state index contributed by atoms with van der Waals surface area (Å²) in [4.78, 5) is 9.11. The van der Waals surface area contributed by atoms with E-state index in [4.69, 9.17) is 4.74 Å². The fraction of sp³-hybridized carbons (Fsp3) is 0.714. The molecule has 1 N–H and O–H groups in total. The molecule has 0 radical (unpaired) electrons. The Labute approximate surface area is 124 Å². The number of aryl methyl sites for hydroxylation is 1. The van der Waals surface area contributed by atoms with E-state index in [-0.39, 0.29) is 0 Å². The Bertz CT molecular complexity index is 385. The zero-order chi connectivity index (χ0) is 14.1. The number of rotatable bonds is 9. The van der Waals surface area contributed by atoms with Crippen molar-refractivity contribution >= 4 is 21.7 Å². The molecule has 0 aliphatic rings. The van der Waals surface area contributed by atoms with Crippen molar-refractivity contribution in [1.82, 2.24) is 9.97 Å². The van der Waals surface area contributed by atoms with E-state index in [1.807, 2.05) is 0 Å². The zero-order valence-corrected chi connectivity index (χ0v) is 13.7. The Morgan fingerprint density at radius 3 is 2.53 bits per heavy atom. The molecule has 1 aromatic heterocycles. The zero-order valence-electron chi connectivity index (χ0n) is 12.1. The van der Waals surface area contributed by atoms with Crippen LogP contribution in [0.2, 0.25) is 0 Å². The lowest BCUT2D eigenvalue weighted by molar-refractivity contribution is 0.116. The van der Waals surface area contributed by atoms with E-state index in [1.165, 1.54) is 0 Å². The van der Waals surface area contributed by atoms with Gasteiger partial charge in [0.05, 0.1) is 10.2 Å². The summed E-state index contributed by atoms with van der Waals surface area (Å²) in [6.45, 7) is 8.54. The summed E-state index contributed by atoms with van der Waals surface area (Å²) >= 11 is 3.60. The molecule has 0 saturated carbocycles. The van der Waals surface area contributed by atoms with Crippen LogP contribution in [0.15, 0.2) is 4.47 Å². The van der Waals surface area contributed by atoms with Crippen molar-refractivity contribution in [2.75, 3.05) is 18.5 Å². The summed E-state index contributed by atoms with van der Waals surface area (Å²) in [5, 5.41) is 3.34. The Morgan fingerprint density at radius 1 is 1.11 bits per heavy atom. The standard InChI is InChI=1S/C14H24BrN3O/c1-4-7-11-13(15)14(16-8-5-2)18-12(17-11)10-19-9-6-3/h4-10H2,1-3H3,(H,16,17,18). The van der Waals surface area contributed by atoms with Gasteiger partial charge < -0.3 is 10.1 Å². The van der Waals surface area contributed by atoms with E-state index in [9.17, 15) is 0 Å². The summed E-state index contributed by atoms with van der Waals surface area (Å²) in [5.74, 6) is 1.65. The Morgan fingerprint density at radius 2 is 1.89 bits per heavy atom. The topological polar surface area (TPSA) is 47.0 Å². The van der Waals surface area contributed by atoms with Crippen LogP contribution in [0.3, 0.4) is 0 Å². The third-order valence-electron chi connectivity index (χ3n) is 2.58. The van der Waals surface area contributed by atoms with Gasteiger partial charge in [-0.15, -0.1) is 0 Å². The van der Waals surface area contributed by atoms with Crippen LogP contribution < -0.4 is 5.32 Å². The predicted octanol–water partition coefficient (Wildman–Crippen LogP) is 3.94. The average Bonchev–Trinajstić information content (AvgIpc) is 2.41. The van der Waals surface area contributed by atoms with Gasteiger partial charge in [-0.3, -0.25) is 0 Å². The van der Waals surface area contributed by atoms with Gasteiger partial charge in [0, 0.05) is 13.2 Å². The lowest BCUT2D eigenvalue weighted by Crippen LogP contribution is -2.10. The molecule has 108 valence electrons. The number of anilines is 1. The Hall–Kier alpha value is -0.680. The molecule has 0 fully saturated rings. The number of halogens is 1. The van der Waals surface area contributed by atoms with Gasteiger partial charge in [0.1, 0.15) is 12.4 Å². The van der Waals surface area contributed by atoms with Crippen LogP contribution in [-0.2, 0) is 17.8 Å². The van der Waals surface area contributed by atoms with Crippen LogP contribution in [0.1, 0.15) is 51.6 Å². The molecular weight excluding hydrogens is 306 g/mol. The maximum absolute atomic E-state index is 5.53. The van der Waals surface area contributed by atoms with Gasteiger partial charge in [0.2, 0.25) is 0 Å². The van der Waals surface area contributed by atoms with Crippen molar-refractivity contribution < 1.29 is 4.74 Å². The molecule has 0 saturated heterocycles. The molecule has 1 rings (SSSR count). The summed E-state index contributed by atoms with van der Waals surface area (Å²) < 4.78 is 6.52. The number of hydrogen-bond donors (Lipinski definition) is 1. The van der Waals surface area contributed by atoms with Crippen LogP contribution >= 0.6 is 15.9 Å². The van der Waals surface area contributed by atoms with Crippen molar-refractivity contribution in [3.63, 3.8) is 0 Å². The van der Waals surface area contributed by atoms with Gasteiger partial charge in [0.15, 0.2) is 5.82 Å². The first-order valence-electron chi connectivity index (χ1n) is 7.09. The average molecular weight is 330 g/mol. The lowest BCUT2D eigenvalue weighted by Gasteiger charge is -2.12. The van der Waals surface area contributed by atoms with E-state index in [1.54, 1.807) is 0 Å². The quantitative estimate of drug-likeness (QED) is 0.697. The second-order valence-corrected chi connectivity index (χ2v) is 5.27. The minimum Gasteiger partial charge on any atom is -0.373 e. The maximum Gasteiger partial charge on any atom is 0.156 e. The van der Waals surface area contributed by atoms with Gasteiger partial charge in [-0.25, -0.2) is 9.97 Å². The van der Waals surface area contributed by atoms with E-state index >= 15 is 0 Å². The lowest BCUT2D eigenvalue weighted by atomic mass is 10.2. The highest BCUT2D eigenvalue weighted by Gasteiger charge is 2.11. The second kappa shape index (κ2) is 9.26. The van der Waals surface area contributed by atoms with Gasteiger partial charge in [-0.1, -0.05) is 27.2 Å². The van der Waals surface area contributed by atoms with Crippen molar-refractivity contribution in [2.24, 2.45) is 0 Å². The monoisotopic (exact) mass is 329 g/mol. The van der Waals surface area contributed by atoms with Gasteiger partial charge >= 0.3 is 0 Å². The number of aromatic nitrogens is 2. The molecule has 0 spiro atoms.